The first-order chi connectivity index (χ1) is 38.4. The lowest BCUT2D eigenvalue weighted by Crippen LogP contribution is -2.47. The number of unbranched alkanes of at least 4 members (excludes halogenated alkanes) is 24. The molecule has 0 bridgehead atoms. The summed E-state index contributed by atoms with van der Waals surface area (Å²) in [6.45, 7) is 6.78. The summed E-state index contributed by atoms with van der Waals surface area (Å²) in [6, 6.07) is -0.880. The number of rotatable bonds is 55. The molecule has 0 aliphatic heterocycles. The van der Waals surface area contributed by atoms with E-state index in [4.69, 9.17) is 13.8 Å². The Balaban J connectivity index is 5.24. The second-order valence-electron chi connectivity index (χ2n) is 22.0. The van der Waals surface area contributed by atoms with Crippen LogP contribution in [-0.4, -0.2) is 74.3 Å². The van der Waals surface area contributed by atoms with Gasteiger partial charge in [-0.2, -0.15) is 0 Å². The van der Waals surface area contributed by atoms with Crippen molar-refractivity contribution in [2.75, 3.05) is 40.9 Å². The standard InChI is InChI=1S/C69H117N2O7P/c1-7-10-13-16-19-22-25-27-29-31-32-33-34-35-36-37-38-40-41-43-46-49-52-55-58-61-68(72)70-66(65-77-79(74,75)76-64-63-71(4,5)6)67(60-57-54-51-48-45-24-21-18-15-12-9-3)78-69(73)62-59-56-53-50-47-44-42-39-30-28-26-23-20-17-14-11-8-2/h11,14,17,19-20,22-23,26-30,32-33,35-36,39,42,44,47,57,60,66-67H,7-10,12-13,15-16,18,21,24-25,31,34,37-38,40-41,43,45-46,48-56,58-59,61-65H2,1-6H3,(H-,70,72,74,75)/p+1/b14-11-,20-17+,22-19-,26-23+,29-27-,30-28-,33-32-,36-35-,42-39+,47-44+,60-57-. The number of quaternary nitrogens is 1. The topological polar surface area (TPSA) is 111 Å². The summed E-state index contributed by atoms with van der Waals surface area (Å²) < 4.78 is 30.6. The summed E-state index contributed by atoms with van der Waals surface area (Å²) in [5.74, 6) is -0.573. The number of amides is 1. The minimum Gasteiger partial charge on any atom is -0.456 e. The highest BCUT2D eigenvalue weighted by Crippen LogP contribution is 2.43. The Hall–Kier alpha value is -3.85. The van der Waals surface area contributed by atoms with E-state index in [-0.39, 0.29) is 31.5 Å². The Morgan fingerprint density at radius 3 is 1.37 bits per heavy atom. The van der Waals surface area contributed by atoms with Crippen LogP contribution in [0, 0.1) is 0 Å². The van der Waals surface area contributed by atoms with Crippen molar-refractivity contribution in [2.45, 2.75) is 251 Å². The summed E-state index contributed by atoms with van der Waals surface area (Å²) in [7, 11) is 1.44. The molecule has 0 fully saturated rings. The summed E-state index contributed by atoms with van der Waals surface area (Å²) in [6.07, 6.45) is 81.7. The largest absolute Gasteiger partial charge is 0.472 e. The van der Waals surface area contributed by atoms with Crippen molar-refractivity contribution < 1.29 is 37.3 Å². The van der Waals surface area contributed by atoms with E-state index in [1.54, 1.807) is 0 Å². The molecule has 0 radical (unpaired) electrons. The highest BCUT2D eigenvalue weighted by Gasteiger charge is 2.30. The van der Waals surface area contributed by atoms with Gasteiger partial charge in [0.2, 0.25) is 5.91 Å². The molecule has 0 rings (SSSR count). The molecule has 0 aromatic rings. The number of phosphoric acid groups is 1. The van der Waals surface area contributed by atoms with Gasteiger partial charge in [-0.3, -0.25) is 18.6 Å². The fraction of sp³-hybridized carbons (Fsp3) is 0.652. The van der Waals surface area contributed by atoms with Gasteiger partial charge in [-0.1, -0.05) is 264 Å². The Kier molecular flexibility index (Phi) is 54.6. The average molecular weight is 1120 g/mol. The molecule has 0 aliphatic carbocycles. The molecule has 10 heteroatoms. The molecule has 3 unspecified atom stereocenters. The van der Waals surface area contributed by atoms with Crippen molar-refractivity contribution in [1.29, 1.82) is 0 Å². The van der Waals surface area contributed by atoms with Crippen LogP contribution in [0.25, 0.3) is 0 Å². The highest BCUT2D eigenvalue weighted by atomic mass is 31.2. The smallest absolute Gasteiger partial charge is 0.456 e. The van der Waals surface area contributed by atoms with Crippen molar-refractivity contribution >= 4 is 19.7 Å². The molecule has 0 heterocycles. The molecule has 3 atom stereocenters. The van der Waals surface area contributed by atoms with E-state index in [1.165, 1.54) is 103 Å². The second-order valence-corrected chi connectivity index (χ2v) is 23.5. The van der Waals surface area contributed by atoms with Crippen LogP contribution in [-0.2, 0) is 27.9 Å². The Bertz CT molecular complexity index is 1810. The Morgan fingerprint density at radius 1 is 0.468 bits per heavy atom. The molecule has 1 amide bonds. The van der Waals surface area contributed by atoms with Gasteiger partial charge < -0.3 is 19.4 Å². The van der Waals surface area contributed by atoms with E-state index < -0.39 is 20.0 Å². The van der Waals surface area contributed by atoms with Crippen molar-refractivity contribution in [3.63, 3.8) is 0 Å². The maximum Gasteiger partial charge on any atom is 0.472 e. The number of likely N-dealkylation sites (N-methyl/N-ethyl adjacent to an activating group) is 1. The van der Waals surface area contributed by atoms with Crippen LogP contribution >= 0.6 is 7.82 Å². The fourth-order valence-corrected chi connectivity index (χ4v) is 9.10. The van der Waals surface area contributed by atoms with Gasteiger partial charge in [-0.05, 0) is 96.0 Å². The average Bonchev–Trinajstić information content (AvgIpc) is 3.41. The SMILES string of the molecule is CC\C=C/C=C/C=C/C=C\C=C\C=C\CCCCCC(=O)OC(/C=C\CCCCCCCCCCC)C(COP(=O)(O)OCC[N+](C)(C)C)NC(=O)CCCCCCCCCCC/C=C\C/C=C\C/C=C\C/C=C\CCCCC. The first-order valence-electron chi connectivity index (χ1n) is 31.6. The molecule has 0 aromatic carbocycles. The molecule has 79 heavy (non-hydrogen) atoms. The number of ether oxygens (including phenoxy) is 1. The van der Waals surface area contributed by atoms with Crippen LogP contribution in [0.3, 0.4) is 0 Å². The zero-order chi connectivity index (χ0) is 57.9. The van der Waals surface area contributed by atoms with Gasteiger partial charge in [0.05, 0.1) is 33.8 Å². The lowest BCUT2D eigenvalue weighted by atomic mass is 10.0. The summed E-state index contributed by atoms with van der Waals surface area (Å²) >= 11 is 0. The first-order valence-corrected chi connectivity index (χ1v) is 33.1. The number of nitrogens with one attached hydrogen (secondary N) is 1. The minimum atomic E-state index is -4.47. The van der Waals surface area contributed by atoms with E-state index in [0.29, 0.717) is 23.9 Å². The summed E-state index contributed by atoms with van der Waals surface area (Å²) in [5.41, 5.74) is 0. The maximum absolute atomic E-state index is 13.6. The Morgan fingerprint density at radius 2 is 0.861 bits per heavy atom. The van der Waals surface area contributed by atoms with E-state index in [1.807, 2.05) is 94.1 Å². The summed E-state index contributed by atoms with van der Waals surface area (Å²) in [4.78, 5) is 37.7. The third-order valence-corrected chi connectivity index (χ3v) is 14.2. The molecule has 0 saturated carbocycles. The van der Waals surface area contributed by atoms with Crippen molar-refractivity contribution in [3.05, 3.63) is 134 Å². The van der Waals surface area contributed by atoms with Crippen molar-refractivity contribution in [3.8, 4) is 0 Å². The lowest BCUT2D eigenvalue weighted by molar-refractivity contribution is -0.870. The van der Waals surface area contributed by atoms with Crippen LogP contribution in [0.1, 0.15) is 239 Å². The number of carbonyl (C=O) groups is 2. The number of carbonyl (C=O) groups excluding carboxylic acids is 2. The molecule has 0 saturated heterocycles. The van der Waals surface area contributed by atoms with Gasteiger partial charge in [-0.25, -0.2) is 4.57 Å². The van der Waals surface area contributed by atoms with Gasteiger partial charge in [0.15, 0.2) is 0 Å². The molecular formula is C69H118N2O7P+. The van der Waals surface area contributed by atoms with Crippen LogP contribution < -0.4 is 5.32 Å². The maximum atomic E-state index is 13.6. The number of nitrogens with zero attached hydrogens (tertiary/aromatic N) is 1. The molecule has 2 N–H and O–H groups in total. The predicted molar refractivity (Wildman–Crippen MR) is 341 cm³/mol. The predicted octanol–water partition coefficient (Wildman–Crippen LogP) is 19.7. The number of esters is 1. The van der Waals surface area contributed by atoms with Gasteiger partial charge >= 0.3 is 13.8 Å². The molecule has 9 nitrogen and oxygen atoms in total. The third-order valence-electron chi connectivity index (χ3n) is 13.2. The number of hydrogen-bond donors (Lipinski definition) is 2. The molecule has 450 valence electrons. The normalized spacial score (nSPS) is 14.6. The van der Waals surface area contributed by atoms with Gasteiger partial charge in [-0.15, -0.1) is 0 Å². The van der Waals surface area contributed by atoms with Crippen LogP contribution in [0.15, 0.2) is 134 Å². The third kappa shape index (κ3) is 58.6. The molecule has 0 aromatic heterocycles. The minimum absolute atomic E-state index is 0.0236. The van der Waals surface area contributed by atoms with Crippen LogP contribution in [0.4, 0.5) is 0 Å². The fourth-order valence-electron chi connectivity index (χ4n) is 8.37. The van der Waals surface area contributed by atoms with E-state index in [2.05, 4.69) is 86.8 Å². The lowest BCUT2D eigenvalue weighted by Gasteiger charge is -2.27. The van der Waals surface area contributed by atoms with E-state index in [0.717, 1.165) is 96.3 Å². The summed E-state index contributed by atoms with van der Waals surface area (Å²) in [5, 5.41) is 3.04. The zero-order valence-corrected chi connectivity index (χ0v) is 52.2. The number of phosphoric ester groups is 1. The van der Waals surface area contributed by atoms with Gasteiger partial charge in [0.25, 0.3) is 0 Å². The van der Waals surface area contributed by atoms with Gasteiger partial charge in [0, 0.05) is 12.8 Å². The van der Waals surface area contributed by atoms with Crippen molar-refractivity contribution in [2.24, 2.45) is 0 Å². The Labute approximate surface area is 485 Å². The molecule has 0 aliphatic rings. The van der Waals surface area contributed by atoms with Crippen LogP contribution in [0.5, 0.6) is 0 Å². The number of allylic oxidation sites excluding steroid dienone is 21. The molecular weight excluding hydrogens is 1000 g/mol. The highest BCUT2D eigenvalue weighted by molar-refractivity contribution is 7.47. The van der Waals surface area contributed by atoms with E-state index in [9.17, 15) is 19.0 Å². The van der Waals surface area contributed by atoms with Crippen LogP contribution in [0.2, 0.25) is 0 Å². The van der Waals surface area contributed by atoms with Gasteiger partial charge in [0.1, 0.15) is 19.3 Å². The van der Waals surface area contributed by atoms with E-state index >= 15 is 0 Å². The molecule has 0 spiro atoms. The quantitative estimate of drug-likeness (QED) is 0.0156. The monoisotopic (exact) mass is 1120 g/mol. The zero-order valence-electron chi connectivity index (χ0n) is 51.3. The second kappa shape index (κ2) is 57.4. The first kappa shape index (κ1) is 75.2. The van der Waals surface area contributed by atoms with Crippen molar-refractivity contribution in [1.82, 2.24) is 5.32 Å². The number of hydrogen-bond acceptors (Lipinski definition) is 6.